The maximum atomic E-state index is 11.9. The fraction of sp³-hybridized carbons (Fsp3) is 0.562. The van der Waals surface area contributed by atoms with E-state index < -0.39 is 5.54 Å². The number of nitrogens with two attached hydrogens (primary N) is 1. The van der Waals surface area contributed by atoms with E-state index in [1.807, 2.05) is 26.0 Å². The normalized spacial score (nSPS) is 25.5. The van der Waals surface area contributed by atoms with E-state index in [-0.39, 0.29) is 12.1 Å². The lowest BCUT2D eigenvalue weighted by atomic mass is 9.99. The van der Waals surface area contributed by atoms with Crippen molar-refractivity contribution in [2.24, 2.45) is 5.73 Å². The Kier molecular flexibility index (Phi) is 4.33. The molecule has 2 atom stereocenters. The van der Waals surface area contributed by atoms with Gasteiger partial charge < -0.3 is 15.2 Å². The first-order chi connectivity index (χ1) is 9.43. The Labute approximate surface area is 120 Å². The second-order valence-electron chi connectivity index (χ2n) is 5.68. The lowest BCUT2D eigenvalue weighted by molar-refractivity contribution is -0.149. The van der Waals surface area contributed by atoms with Gasteiger partial charge in [-0.3, -0.25) is 4.79 Å². The summed E-state index contributed by atoms with van der Waals surface area (Å²) in [5, 5.41) is 0. The first-order valence-corrected chi connectivity index (χ1v) is 7.14. The topological polar surface area (TPSA) is 61.5 Å². The molecule has 0 bridgehead atoms. The molecule has 1 aromatic carbocycles. The first-order valence-electron chi connectivity index (χ1n) is 7.14. The first kappa shape index (κ1) is 14.9. The number of aryl methyl sites for hydroxylation is 2. The van der Waals surface area contributed by atoms with Crippen LogP contribution in [0.3, 0.4) is 0 Å². The zero-order chi connectivity index (χ0) is 14.8. The molecule has 0 aliphatic heterocycles. The molecule has 1 aromatic rings. The third-order valence-corrected chi connectivity index (χ3v) is 3.68. The van der Waals surface area contributed by atoms with E-state index in [4.69, 9.17) is 15.2 Å². The lowest BCUT2D eigenvalue weighted by Gasteiger charge is -2.21. The van der Waals surface area contributed by atoms with Crippen LogP contribution >= 0.6 is 0 Å². The van der Waals surface area contributed by atoms with Gasteiger partial charge in [0.25, 0.3) is 0 Å². The van der Waals surface area contributed by atoms with E-state index >= 15 is 0 Å². The minimum Gasteiger partial charge on any atom is -0.490 e. The van der Waals surface area contributed by atoms with Crippen molar-refractivity contribution in [3.05, 3.63) is 29.3 Å². The van der Waals surface area contributed by atoms with E-state index in [2.05, 4.69) is 6.07 Å². The lowest BCUT2D eigenvalue weighted by Crippen LogP contribution is -2.47. The Morgan fingerprint density at radius 2 is 2.00 bits per heavy atom. The summed E-state index contributed by atoms with van der Waals surface area (Å²) in [6.45, 7) is 6.24. The number of hydrogen-bond acceptors (Lipinski definition) is 4. The van der Waals surface area contributed by atoms with Crippen LogP contribution in [0.4, 0.5) is 0 Å². The van der Waals surface area contributed by atoms with Gasteiger partial charge in [-0.05, 0) is 56.9 Å². The molecule has 0 amide bonds. The molecule has 1 fully saturated rings. The average molecular weight is 277 g/mol. The molecule has 1 aliphatic rings. The molecule has 4 heteroatoms. The van der Waals surface area contributed by atoms with Gasteiger partial charge in [0.05, 0.1) is 6.61 Å². The fourth-order valence-electron chi connectivity index (χ4n) is 2.78. The highest BCUT2D eigenvalue weighted by Gasteiger charge is 2.44. The quantitative estimate of drug-likeness (QED) is 0.859. The largest absolute Gasteiger partial charge is 0.490 e. The summed E-state index contributed by atoms with van der Waals surface area (Å²) in [5.74, 6) is 0.534. The van der Waals surface area contributed by atoms with Gasteiger partial charge in [-0.2, -0.15) is 0 Å². The highest BCUT2D eigenvalue weighted by Crippen LogP contribution is 2.32. The molecule has 2 rings (SSSR count). The summed E-state index contributed by atoms with van der Waals surface area (Å²) in [6, 6.07) is 6.12. The highest BCUT2D eigenvalue weighted by atomic mass is 16.5. The van der Waals surface area contributed by atoms with Crippen LogP contribution in [0, 0.1) is 13.8 Å². The number of carbonyl (C=O) groups excluding carboxylic acids is 1. The van der Waals surface area contributed by atoms with Crippen molar-refractivity contribution in [2.45, 2.75) is 51.7 Å². The second-order valence-corrected chi connectivity index (χ2v) is 5.68. The van der Waals surface area contributed by atoms with Crippen molar-refractivity contribution in [1.29, 1.82) is 0 Å². The number of hydrogen-bond donors (Lipinski definition) is 1. The number of benzene rings is 1. The number of esters is 1. The van der Waals surface area contributed by atoms with Gasteiger partial charge >= 0.3 is 5.97 Å². The van der Waals surface area contributed by atoms with Gasteiger partial charge in [-0.25, -0.2) is 0 Å². The van der Waals surface area contributed by atoms with Crippen molar-refractivity contribution in [3.8, 4) is 5.75 Å². The zero-order valence-electron chi connectivity index (χ0n) is 12.4. The van der Waals surface area contributed by atoms with Crippen LogP contribution in [0.5, 0.6) is 5.75 Å². The number of ether oxygens (including phenoxy) is 2. The van der Waals surface area contributed by atoms with Gasteiger partial charge in [0.2, 0.25) is 0 Å². The molecule has 2 N–H and O–H groups in total. The predicted octanol–water partition coefficient (Wildman–Crippen LogP) is 2.50. The standard InChI is InChI=1S/C16H23NO3/c1-4-19-15(18)16(17)6-5-13(10-16)20-14-8-11(2)7-12(3)9-14/h7-9,13H,4-6,10,17H2,1-3H3. The van der Waals surface area contributed by atoms with Gasteiger partial charge in [0.1, 0.15) is 17.4 Å². The van der Waals surface area contributed by atoms with Crippen molar-refractivity contribution in [1.82, 2.24) is 0 Å². The van der Waals surface area contributed by atoms with Crippen molar-refractivity contribution < 1.29 is 14.3 Å². The maximum Gasteiger partial charge on any atom is 0.326 e. The van der Waals surface area contributed by atoms with E-state index in [0.29, 0.717) is 19.4 Å². The molecule has 0 heterocycles. The van der Waals surface area contributed by atoms with Crippen LogP contribution in [0.1, 0.15) is 37.3 Å². The Morgan fingerprint density at radius 1 is 1.35 bits per heavy atom. The summed E-state index contributed by atoms with van der Waals surface area (Å²) in [5.41, 5.74) is 7.59. The Hall–Kier alpha value is -1.55. The van der Waals surface area contributed by atoms with Crippen LogP contribution in [0.25, 0.3) is 0 Å². The molecule has 0 radical (unpaired) electrons. The Bertz CT molecular complexity index is 480. The van der Waals surface area contributed by atoms with E-state index in [9.17, 15) is 4.79 Å². The highest BCUT2D eigenvalue weighted by molar-refractivity contribution is 5.81. The molecule has 1 aliphatic carbocycles. The van der Waals surface area contributed by atoms with Gasteiger partial charge in [-0.1, -0.05) is 6.07 Å². The predicted molar refractivity (Wildman–Crippen MR) is 77.7 cm³/mol. The molecule has 0 aromatic heterocycles. The average Bonchev–Trinajstić information content (AvgIpc) is 2.71. The van der Waals surface area contributed by atoms with Crippen LogP contribution in [0.15, 0.2) is 18.2 Å². The Morgan fingerprint density at radius 3 is 2.60 bits per heavy atom. The van der Waals surface area contributed by atoms with Gasteiger partial charge in [0.15, 0.2) is 0 Å². The molecule has 1 saturated carbocycles. The van der Waals surface area contributed by atoms with Crippen LogP contribution in [-0.4, -0.2) is 24.2 Å². The maximum absolute atomic E-state index is 11.9. The summed E-state index contributed by atoms with van der Waals surface area (Å²) < 4.78 is 11.0. The van der Waals surface area contributed by atoms with Crippen LogP contribution in [0.2, 0.25) is 0 Å². The number of carbonyl (C=O) groups is 1. The Balaban J connectivity index is 2.01. The monoisotopic (exact) mass is 277 g/mol. The van der Waals surface area contributed by atoms with Gasteiger partial charge in [0, 0.05) is 6.42 Å². The fourth-order valence-corrected chi connectivity index (χ4v) is 2.78. The van der Waals surface area contributed by atoms with Crippen molar-refractivity contribution in [3.63, 3.8) is 0 Å². The molecule has 4 nitrogen and oxygen atoms in total. The molecule has 0 saturated heterocycles. The summed E-state index contributed by atoms with van der Waals surface area (Å²) in [4.78, 5) is 11.9. The third-order valence-electron chi connectivity index (χ3n) is 3.68. The summed E-state index contributed by atoms with van der Waals surface area (Å²) in [7, 11) is 0. The molecule has 2 unspecified atom stereocenters. The smallest absolute Gasteiger partial charge is 0.326 e. The molecule has 0 spiro atoms. The molecule has 110 valence electrons. The third kappa shape index (κ3) is 3.31. The second kappa shape index (κ2) is 5.83. The van der Waals surface area contributed by atoms with E-state index in [0.717, 1.165) is 12.2 Å². The van der Waals surface area contributed by atoms with E-state index in [1.165, 1.54) is 11.1 Å². The molecule has 20 heavy (non-hydrogen) atoms. The van der Waals surface area contributed by atoms with Crippen LogP contribution < -0.4 is 10.5 Å². The number of rotatable bonds is 4. The van der Waals surface area contributed by atoms with Crippen molar-refractivity contribution in [2.75, 3.05) is 6.61 Å². The minimum absolute atomic E-state index is 0.0226. The molecular formula is C16H23NO3. The summed E-state index contributed by atoms with van der Waals surface area (Å²) >= 11 is 0. The van der Waals surface area contributed by atoms with Crippen molar-refractivity contribution >= 4 is 5.97 Å². The minimum atomic E-state index is -0.889. The summed E-state index contributed by atoms with van der Waals surface area (Å²) in [6.07, 6.45) is 1.88. The zero-order valence-corrected chi connectivity index (χ0v) is 12.4. The van der Waals surface area contributed by atoms with Crippen LogP contribution in [-0.2, 0) is 9.53 Å². The van der Waals surface area contributed by atoms with Gasteiger partial charge in [-0.15, -0.1) is 0 Å². The SMILES string of the molecule is CCOC(=O)C1(N)CCC(Oc2cc(C)cc(C)c2)C1. The molecular weight excluding hydrogens is 254 g/mol. The van der Waals surface area contributed by atoms with E-state index in [1.54, 1.807) is 6.92 Å².